The van der Waals surface area contributed by atoms with E-state index in [-0.39, 0.29) is 16.8 Å². The molecule has 9 nitrogen and oxygen atoms in total. The van der Waals surface area contributed by atoms with Crippen molar-refractivity contribution in [2.24, 2.45) is 0 Å². The molecule has 12 heteroatoms. The van der Waals surface area contributed by atoms with Crippen LogP contribution in [0, 0.1) is 6.92 Å². The first-order valence-corrected chi connectivity index (χ1v) is 12.7. The van der Waals surface area contributed by atoms with Crippen molar-refractivity contribution in [3.8, 4) is 0 Å². The number of aryl methyl sites for hydroxylation is 1. The van der Waals surface area contributed by atoms with Crippen LogP contribution in [0.3, 0.4) is 0 Å². The summed E-state index contributed by atoms with van der Waals surface area (Å²) in [4.78, 5) is 23.4. The highest BCUT2D eigenvalue weighted by molar-refractivity contribution is 8.00. The number of aromatic nitrogens is 2. The van der Waals surface area contributed by atoms with Crippen molar-refractivity contribution >= 4 is 68.1 Å². The van der Waals surface area contributed by atoms with Crippen LogP contribution in [0.5, 0.6) is 0 Å². The molecule has 1 aliphatic rings. The highest BCUT2D eigenvalue weighted by Gasteiger charge is 2.22. The molecule has 0 radical (unpaired) electrons. The van der Waals surface area contributed by atoms with Gasteiger partial charge in [-0.05, 0) is 49.9 Å². The highest BCUT2D eigenvalue weighted by Crippen LogP contribution is 2.37. The molecule has 0 bridgehead atoms. The van der Waals surface area contributed by atoms with Gasteiger partial charge >= 0.3 is 0 Å². The normalized spacial score (nSPS) is 13.6. The van der Waals surface area contributed by atoms with Crippen molar-refractivity contribution in [3.05, 3.63) is 53.2 Å². The molecule has 3 aromatic rings. The Hall–Kier alpha value is -2.86. The van der Waals surface area contributed by atoms with Crippen molar-refractivity contribution in [3.63, 3.8) is 0 Å². The Morgan fingerprint density at radius 3 is 2.61 bits per heavy atom. The van der Waals surface area contributed by atoms with E-state index in [9.17, 15) is 13.2 Å². The molecular weight excluding hydrogens is 484 g/mol. The van der Waals surface area contributed by atoms with Gasteiger partial charge in [0.05, 0.1) is 22.5 Å². The van der Waals surface area contributed by atoms with Gasteiger partial charge in [0.2, 0.25) is 21.9 Å². The van der Waals surface area contributed by atoms with Crippen LogP contribution in [0.2, 0.25) is 5.02 Å². The van der Waals surface area contributed by atoms with Crippen LogP contribution in [0.4, 0.5) is 28.8 Å². The minimum Gasteiger partial charge on any atom is -0.339 e. The Kier molecular flexibility index (Phi) is 6.48. The number of amides is 1. The molecule has 4 rings (SSSR count). The Labute approximate surface area is 201 Å². The number of carbonyl (C=O) groups is 1. The predicted molar refractivity (Wildman–Crippen MR) is 132 cm³/mol. The second-order valence-corrected chi connectivity index (χ2v) is 10.5. The van der Waals surface area contributed by atoms with Crippen LogP contribution in [0.15, 0.2) is 52.4 Å². The van der Waals surface area contributed by atoms with E-state index in [0.29, 0.717) is 33.5 Å². The molecule has 1 aliphatic heterocycles. The van der Waals surface area contributed by atoms with Crippen LogP contribution in [-0.2, 0) is 14.8 Å². The number of anilines is 5. The third kappa shape index (κ3) is 4.91. The Morgan fingerprint density at radius 2 is 1.85 bits per heavy atom. The summed E-state index contributed by atoms with van der Waals surface area (Å²) < 4.78 is 26.8. The Morgan fingerprint density at radius 1 is 1.12 bits per heavy atom. The number of nitrogens with one attached hydrogen (secondary N) is 3. The molecule has 0 spiro atoms. The number of rotatable bonds is 6. The molecule has 0 saturated carbocycles. The number of halogens is 1. The van der Waals surface area contributed by atoms with Gasteiger partial charge in [-0.3, -0.25) is 4.79 Å². The number of carbonyl (C=O) groups excluding carboxylic acids is 1. The molecule has 1 aromatic heterocycles. The number of fused-ring (bicyclic) bond motifs is 1. The average molecular weight is 505 g/mol. The first-order valence-electron chi connectivity index (χ1n) is 9.82. The van der Waals surface area contributed by atoms with Crippen molar-refractivity contribution in [1.29, 1.82) is 0 Å². The van der Waals surface area contributed by atoms with Crippen molar-refractivity contribution < 1.29 is 13.2 Å². The van der Waals surface area contributed by atoms with Gasteiger partial charge in [0.15, 0.2) is 5.82 Å². The summed E-state index contributed by atoms with van der Waals surface area (Å²) in [6.07, 6.45) is 1.45. The van der Waals surface area contributed by atoms with Crippen LogP contribution in [-0.4, -0.2) is 44.1 Å². The van der Waals surface area contributed by atoms with E-state index in [4.69, 9.17) is 11.6 Å². The molecule has 33 heavy (non-hydrogen) atoms. The molecule has 0 unspecified atom stereocenters. The van der Waals surface area contributed by atoms with Crippen LogP contribution in [0.25, 0.3) is 0 Å². The lowest BCUT2D eigenvalue weighted by molar-refractivity contribution is -0.116. The summed E-state index contributed by atoms with van der Waals surface area (Å²) >= 11 is 7.80. The molecule has 0 atom stereocenters. The second-order valence-electron chi connectivity index (χ2n) is 7.25. The first-order chi connectivity index (χ1) is 15.7. The summed E-state index contributed by atoms with van der Waals surface area (Å²) in [5, 5.41) is 6.48. The van der Waals surface area contributed by atoms with Gasteiger partial charge < -0.3 is 15.5 Å². The zero-order valence-electron chi connectivity index (χ0n) is 18.0. The Balaban J connectivity index is 1.60. The van der Waals surface area contributed by atoms with Gasteiger partial charge in [0, 0.05) is 23.3 Å². The van der Waals surface area contributed by atoms with Crippen LogP contribution < -0.4 is 20.3 Å². The lowest BCUT2D eigenvalue weighted by Gasteiger charge is -2.25. The molecular formula is C21H21ClN6O3S2. The average Bonchev–Trinajstić information content (AvgIpc) is 2.80. The monoisotopic (exact) mass is 504 g/mol. The third-order valence-electron chi connectivity index (χ3n) is 5.05. The van der Waals surface area contributed by atoms with Gasteiger partial charge in [0.1, 0.15) is 5.02 Å². The summed E-state index contributed by atoms with van der Waals surface area (Å²) in [7, 11) is -0.501. The van der Waals surface area contributed by atoms with Gasteiger partial charge in [-0.2, -0.15) is 4.98 Å². The third-order valence-corrected chi connectivity index (χ3v) is 7.94. The minimum absolute atomic E-state index is 0.0361. The van der Waals surface area contributed by atoms with E-state index >= 15 is 0 Å². The molecule has 1 amide bonds. The van der Waals surface area contributed by atoms with Gasteiger partial charge in [-0.1, -0.05) is 17.7 Å². The lowest BCUT2D eigenvalue weighted by Crippen LogP contribution is -2.31. The lowest BCUT2D eigenvalue weighted by atomic mass is 10.2. The Bertz CT molecular complexity index is 1350. The SMILES string of the molecule is CNS(=O)(=O)c1cc(Nc2ncc(Cl)c(Nc3ccc4c(c3)N(C)C(=O)CS4)n2)ccc1C. The molecule has 0 fully saturated rings. The topological polar surface area (TPSA) is 116 Å². The van der Waals surface area contributed by atoms with E-state index in [2.05, 4.69) is 25.3 Å². The maximum Gasteiger partial charge on any atom is 0.240 e. The summed E-state index contributed by atoms with van der Waals surface area (Å²) in [5.74, 6) is 1.05. The molecule has 2 heterocycles. The van der Waals surface area contributed by atoms with Crippen molar-refractivity contribution in [2.45, 2.75) is 16.7 Å². The zero-order valence-corrected chi connectivity index (χ0v) is 20.4. The molecule has 0 aliphatic carbocycles. The molecule has 3 N–H and O–H groups in total. The number of nitrogens with zero attached hydrogens (tertiary/aromatic N) is 3. The number of hydrogen-bond acceptors (Lipinski definition) is 8. The molecule has 2 aromatic carbocycles. The van der Waals surface area contributed by atoms with Crippen molar-refractivity contribution in [1.82, 2.24) is 14.7 Å². The van der Waals surface area contributed by atoms with E-state index in [1.165, 1.54) is 31.1 Å². The quantitative estimate of drug-likeness (QED) is 0.462. The second kappa shape index (κ2) is 9.18. The largest absolute Gasteiger partial charge is 0.339 e. The van der Waals surface area contributed by atoms with Crippen LogP contribution >= 0.6 is 23.4 Å². The summed E-state index contributed by atoms with van der Waals surface area (Å²) in [6, 6.07) is 10.6. The summed E-state index contributed by atoms with van der Waals surface area (Å²) in [6.45, 7) is 1.72. The maximum atomic E-state index is 12.3. The maximum absolute atomic E-state index is 12.3. The predicted octanol–water partition coefficient (Wildman–Crippen LogP) is 3.90. The fourth-order valence-corrected chi connectivity index (χ4v) is 5.32. The first kappa shape index (κ1) is 23.3. The number of sulfonamides is 1. The van der Waals surface area contributed by atoms with E-state index in [1.807, 2.05) is 18.2 Å². The van der Waals surface area contributed by atoms with E-state index in [0.717, 1.165) is 10.6 Å². The smallest absolute Gasteiger partial charge is 0.240 e. The van der Waals surface area contributed by atoms with Crippen LogP contribution in [0.1, 0.15) is 5.56 Å². The standard InChI is InChI=1S/C21H21ClN6O3S2/c1-12-4-5-14(9-18(12)33(30,31)23-2)26-21-24-10-15(22)20(27-21)25-13-6-7-17-16(8-13)28(3)19(29)11-32-17/h4-10,23H,11H2,1-3H3,(H2,24,25,26,27). The fraction of sp³-hybridized carbons (Fsp3) is 0.190. The number of benzene rings is 2. The van der Waals surface area contributed by atoms with Gasteiger partial charge in [-0.15, -0.1) is 11.8 Å². The van der Waals surface area contributed by atoms with Gasteiger partial charge in [0.25, 0.3) is 0 Å². The molecule has 172 valence electrons. The zero-order chi connectivity index (χ0) is 23.8. The van der Waals surface area contributed by atoms with E-state index in [1.54, 1.807) is 31.0 Å². The molecule has 0 saturated heterocycles. The van der Waals surface area contributed by atoms with E-state index < -0.39 is 10.0 Å². The number of hydrogen-bond donors (Lipinski definition) is 3. The minimum atomic E-state index is -3.61. The fourth-order valence-electron chi connectivity index (χ4n) is 3.21. The highest BCUT2D eigenvalue weighted by atomic mass is 35.5. The summed E-state index contributed by atoms with van der Waals surface area (Å²) in [5.41, 5.74) is 2.64. The van der Waals surface area contributed by atoms with Crippen molar-refractivity contribution in [2.75, 3.05) is 35.4 Å². The van der Waals surface area contributed by atoms with Gasteiger partial charge in [-0.25, -0.2) is 18.1 Å². The number of thioether (sulfide) groups is 1.